The van der Waals surface area contributed by atoms with Gasteiger partial charge in [-0.25, -0.2) is 0 Å². The second-order valence-corrected chi connectivity index (χ2v) is 10.8. The topological polar surface area (TPSA) is 82.1 Å². The molecule has 0 spiro atoms. The summed E-state index contributed by atoms with van der Waals surface area (Å²) in [6.45, 7) is 6.23. The van der Waals surface area contributed by atoms with E-state index in [2.05, 4.69) is 0 Å². The molecule has 1 saturated carbocycles. The highest BCUT2D eigenvalue weighted by molar-refractivity contribution is 5.99. The van der Waals surface area contributed by atoms with E-state index in [1.54, 1.807) is 31.3 Å². The van der Waals surface area contributed by atoms with Gasteiger partial charge in [-0.05, 0) is 49.4 Å². The van der Waals surface area contributed by atoms with Crippen molar-refractivity contribution in [2.24, 2.45) is 10.8 Å². The standard InChI is InChI=1S/C29H33NO6/c1-27(2)28(3)12-13-29(27,36-26(28)33)25(32)30-14-11-19-15-23(34-4)24(35-5)16-20(19)21(30)17-22(31)18-9-7-6-8-10-18/h6-10,15-16,21H,11-14,17H2,1-5H3/t21-,28+,29-/m1/s1. The maximum Gasteiger partial charge on any atom is 0.313 e. The first-order chi connectivity index (χ1) is 17.1. The predicted molar refractivity (Wildman–Crippen MR) is 133 cm³/mol. The fourth-order valence-corrected chi connectivity index (χ4v) is 6.36. The van der Waals surface area contributed by atoms with Gasteiger partial charge in [0.2, 0.25) is 0 Å². The minimum atomic E-state index is -1.24. The van der Waals surface area contributed by atoms with Crippen LogP contribution in [0.5, 0.6) is 11.5 Å². The summed E-state index contributed by atoms with van der Waals surface area (Å²) in [7, 11) is 3.16. The van der Waals surface area contributed by atoms with E-state index >= 15 is 0 Å². The van der Waals surface area contributed by atoms with Gasteiger partial charge in [-0.2, -0.15) is 0 Å². The van der Waals surface area contributed by atoms with Crippen LogP contribution in [0.3, 0.4) is 0 Å². The summed E-state index contributed by atoms with van der Waals surface area (Å²) < 4.78 is 17.0. The molecule has 0 N–H and O–H groups in total. The molecule has 36 heavy (non-hydrogen) atoms. The second kappa shape index (κ2) is 8.36. The zero-order chi connectivity index (χ0) is 25.9. The Morgan fingerprint density at radius 3 is 2.28 bits per heavy atom. The molecule has 1 amide bonds. The third-order valence-corrected chi connectivity index (χ3v) is 9.17. The number of hydrogen-bond acceptors (Lipinski definition) is 6. The summed E-state index contributed by atoms with van der Waals surface area (Å²) in [6, 6.07) is 12.4. The fraction of sp³-hybridized carbons (Fsp3) is 0.483. The number of ether oxygens (including phenoxy) is 3. The van der Waals surface area contributed by atoms with Gasteiger partial charge in [0.15, 0.2) is 22.9 Å². The summed E-state index contributed by atoms with van der Waals surface area (Å²) >= 11 is 0. The number of Topliss-reactive ketones (excluding diaryl/α,β-unsaturated/α-hetero) is 1. The Bertz CT molecular complexity index is 1240. The maximum atomic E-state index is 14.4. The van der Waals surface area contributed by atoms with Crippen molar-refractivity contribution < 1.29 is 28.6 Å². The number of carbonyl (C=O) groups is 3. The average molecular weight is 492 g/mol. The summed E-state index contributed by atoms with van der Waals surface area (Å²) in [5.41, 5.74) is -0.143. The van der Waals surface area contributed by atoms with Crippen LogP contribution in [0.1, 0.15) is 67.6 Å². The van der Waals surface area contributed by atoms with Gasteiger partial charge in [-0.3, -0.25) is 14.4 Å². The summed E-state index contributed by atoms with van der Waals surface area (Å²) in [4.78, 5) is 42.4. The molecule has 2 bridgehead atoms. The first kappa shape index (κ1) is 24.3. The summed E-state index contributed by atoms with van der Waals surface area (Å²) in [5, 5.41) is 0. The minimum absolute atomic E-state index is 0.0579. The second-order valence-electron chi connectivity index (χ2n) is 10.8. The molecule has 2 aromatic carbocycles. The van der Waals surface area contributed by atoms with Crippen LogP contribution in [0.15, 0.2) is 42.5 Å². The molecule has 2 heterocycles. The lowest BCUT2D eigenvalue weighted by Crippen LogP contribution is -2.57. The quantitative estimate of drug-likeness (QED) is 0.436. The predicted octanol–water partition coefficient (Wildman–Crippen LogP) is 4.52. The number of benzene rings is 2. The van der Waals surface area contributed by atoms with Crippen LogP contribution in [-0.2, 0) is 20.7 Å². The van der Waals surface area contributed by atoms with E-state index in [9.17, 15) is 14.4 Å². The van der Waals surface area contributed by atoms with Gasteiger partial charge in [0, 0.05) is 23.9 Å². The van der Waals surface area contributed by atoms with E-state index in [1.165, 1.54) is 0 Å². The lowest BCUT2D eigenvalue weighted by atomic mass is 9.66. The highest BCUT2D eigenvalue weighted by atomic mass is 16.6. The Labute approximate surface area is 211 Å². The first-order valence-corrected chi connectivity index (χ1v) is 12.5. The number of methoxy groups -OCH3 is 2. The molecule has 2 fully saturated rings. The molecule has 190 valence electrons. The van der Waals surface area contributed by atoms with Crippen LogP contribution in [0.2, 0.25) is 0 Å². The van der Waals surface area contributed by atoms with Crippen LogP contribution in [0.25, 0.3) is 0 Å². The molecular weight excluding hydrogens is 458 g/mol. The molecule has 0 unspecified atom stereocenters. The summed E-state index contributed by atoms with van der Waals surface area (Å²) in [5.74, 6) is 0.570. The molecule has 0 radical (unpaired) electrons. The minimum Gasteiger partial charge on any atom is -0.493 e. The van der Waals surface area contributed by atoms with Crippen molar-refractivity contribution >= 4 is 17.7 Å². The number of esters is 1. The molecule has 1 aliphatic carbocycles. The normalized spacial score (nSPS) is 27.9. The van der Waals surface area contributed by atoms with Crippen molar-refractivity contribution in [2.45, 2.75) is 58.1 Å². The number of nitrogens with zero attached hydrogens (tertiary/aromatic N) is 1. The van der Waals surface area contributed by atoms with Crippen molar-refractivity contribution in [2.75, 3.05) is 20.8 Å². The van der Waals surface area contributed by atoms with Crippen molar-refractivity contribution in [3.63, 3.8) is 0 Å². The zero-order valence-electron chi connectivity index (χ0n) is 21.6. The Balaban J connectivity index is 1.58. The lowest BCUT2D eigenvalue weighted by molar-refractivity contribution is -0.175. The Morgan fingerprint density at radius 1 is 1.03 bits per heavy atom. The molecule has 1 saturated heterocycles. The number of carbonyl (C=O) groups excluding carboxylic acids is 3. The van der Waals surface area contributed by atoms with Gasteiger partial charge in [0.25, 0.3) is 5.91 Å². The third kappa shape index (κ3) is 3.21. The van der Waals surface area contributed by atoms with Crippen molar-refractivity contribution in [3.05, 3.63) is 59.2 Å². The summed E-state index contributed by atoms with van der Waals surface area (Å²) in [6.07, 6.45) is 1.79. The number of rotatable bonds is 6. The van der Waals surface area contributed by atoms with E-state index in [-0.39, 0.29) is 24.1 Å². The van der Waals surface area contributed by atoms with Crippen LogP contribution in [0, 0.1) is 10.8 Å². The molecule has 2 aromatic rings. The van der Waals surface area contributed by atoms with E-state index < -0.39 is 22.5 Å². The first-order valence-electron chi connectivity index (χ1n) is 12.5. The number of hydrogen-bond donors (Lipinski definition) is 0. The van der Waals surface area contributed by atoms with Gasteiger partial charge in [0.1, 0.15) is 0 Å². The van der Waals surface area contributed by atoms with Crippen LogP contribution < -0.4 is 9.47 Å². The van der Waals surface area contributed by atoms with Crippen molar-refractivity contribution in [1.82, 2.24) is 4.90 Å². The average Bonchev–Trinajstić information content (AvgIpc) is 3.18. The number of ketones is 1. The van der Waals surface area contributed by atoms with Crippen molar-refractivity contribution in [3.8, 4) is 11.5 Å². The Morgan fingerprint density at radius 2 is 1.69 bits per heavy atom. The molecule has 7 nitrogen and oxygen atoms in total. The SMILES string of the molecule is COc1cc2c(cc1OC)[C@@H](CC(=O)c1ccccc1)N(C(=O)[C@@]13CC[C@@](C)(C(=O)O1)C3(C)C)CC2. The van der Waals surface area contributed by atoms with Gasteiger partial charge < -0.3 is 19.1 Å². The largest absolute Gasteiger partial charge is 0.493 e. The van der Waals surface area contributed by atoms with Gasteiger partial charge in [0.05, 0.1) is 25.7 Å². The van der Waals surface area contributed by atoms with Crippen LogP contribution in [0.4, 0.5) is 0 Å². The Hall–Kier alpha value is -3.35. The molecular formula is C29H33NO6. The maximum absolute atomic E-state index is 14.4. The van der Waals surface area contributed by atoms with E-state index in [0.717, 1.165) is 11.1 Å². The molecule has 0 aromatic heterocycles. The molecule has 5 rings (SSSR count). The van der Waals surface area contributed by atoms with Crippen LogP contribution >= 0.6 is 0 Å². The lowest BCUT2D eigenvalue weighted by Gasteiger charge is -2.44. The van der Waals surface area contributed by atoms with Crippen LogP contribution in [-0.4, -0.2) is 48.9 Å². The van der Waals surface area contributed by atoms with Crippen molar-refractivity contribution in [1.29, 1.82) is 0 Å². The van der Waals surface area contributed by atoms with E-state index in [0.29, 0.717) is 42.9 Å². The van der Waals surface area contributed by atoms with Gasteiger partial charge in [-0.15, -0.1) is 0 Å². The molecule has 3 atom stereocenters. The zero-order valence-corrected chi connectivity index (χ0v) is 21.6. The number of fused-ring (bicyclic) bond motifs is 3. The van der Waals surface area contributed by atoms with E-state index in [4.69, 9.17) is 14.2 Å². The molecule has 7 heteroatoms. The van der Waals surface area contributed by atoms with Gasteiger partial charge >= 0.3 is 5.97 Å². The highest BCUT2D eigenvalue weighted by Gasteiger charge is 2.76. The Kier molecular flexibility index (Phi) is 5.65. The fourth-order valence-electron chi connectivity index (χ4n) is 6.36. The highest BCUT2D eigenvalue weighted by Crippen LogP contribution is 2.66. The molecule has 2 aliphatic heterocycles. The smallest absolute Gasteiger partial charge is 0.313 e. The van der Waals surface area contributed by atoms with Gasteiger partial charge in [-0.1, -0.05) is 44.2 Å². The monoisotopic (exact) mass is 491 g/mol. The number of amides is 1. The molecule has 3 aliphatic rings. The van der Waals surface area contributed by atoms with E-state index in [1.807, 2.05) is 51.1 Å². The third-order valence-electron chi connectivity index (χ3n) is 9.17.